The number of hydrogen-bond acceptors (Lipinski definition) is 9. The van der Waals surface area contributed by atoms with E-state index in [2.05, 4.69) is 15.2 Å². The molecule has 1 aliphatic heterocycles. The molecule has 2 aromatic heterocycles. The number of piperidine rings is 1. The Kier molecular flexibility index (Phi) is 13.2. The Morgan fingerprint density at radius 1 is 1.10 bits per heavy atom. The number of aryl methyl sites for hydroxylation is 1. The lowest BCUT2D eigenvalue weighted by molar-refractivity contribution is -0.186. The van der Waals surface area contributed by atoms with Crippen LogP contribution in [0.2, 0.25) is 0 Å². The number of nitrogens with two attached hydrogens (primary N) is 1. The lowest BCUT2D eigenvalue weighted by Crippen LogP contribution is -2.53. The number of nitrogens with one attached hydrogen (secondary N) is 1. The van der Waals surface area contributed by atoms with Gasteiger partial charge in [-0.1, -0.05) is 33.8 Å². The van der Waals surface area contributed by atoms with Gasteiger partial charge in [0.2, 0.25) is 11.8 Å². The fourth-order valence-electron chi connectivity index (χ4n) is 6.96. The third kappa shape index (κ3) is 9.16. The van der Waals surface area contributed by atoms with Gasteiger partial charge in [-0.2, -0.15) is 0 Å². The molecule has 1 saturated carbocycles. The highest BCUT2D eigenvalue weighted by Gasteiger charge is 2.58. The van der Waals surface area contributed by atoms with E-state index in [9.17, 15) is 23.2 Å². The first-order chi connectivity index (χ1) is 24.0. The van der Waals surface area contributed by atoms with Crippen LogP contribution in [0.3, 0.4) is 0 Å². The van der Waals surface area contributed by atoms with Crippen molar-refractivity contribution in [3.8, 4) is 5.75 Å². The van der Waals surface area contributed by atoms with Crippen molar-refractivity contribution in [2.45, 2.75) is 118 Å². The number of fused-ring (bicyclic) bond motifs is 1. The second kappa shape index (κ2) is 16.4. The van der Waals surface area contributed by atoms with E-state index in [1.54, 1.807) is 47.1 Å². The van der Waals surface area contributed by atoms with Crippen LogP contribution in [0.4, 0.5) is 19.4 Å². The van der Waals surface area contributed by atoms with Gasteiger partial charge in [-0.05, 0) is 83.2 Å². The topological polar surface area (TPSA) is 138 Å². The number of carbonyl (C=O) groups is 3. The molecular formula is C38H55F2N5O6. The number of ether oxygens (including phenoxy) is 3. The van der Waals surface area contributed by atoms with Gasteiger partial charge in [0.05, 0.1) is 19.7 Å². The Bertz CT molecular complexity index is 1710. The summed E-state index contributed by atoms with van der Waals surface area (Å²) >= 11 is 0. The first kappa shape index (κ1) is 41.2. The smallest absolute Gasteiger partial charge is 0.419 e. The molecule has 2 fully saturated rings. The molecule has 3 heterocycles. The summed E-state index contributed by atoms with van der Waals surface area (Å²) in [5.74, 6) is -3.15. The molecule has 2 aliphatic rings. The van der Waals surface area contributed by atoms with Gasteiger partial charge in [-0.15, -0.1) is 0 Å². The van der Waals surface area contributed by atoms with Crippen LogP contribution in [0, 0.1) is 12.3 Å². The van der Waals surface area contributed by atoms with Crippen LogP contribution in [-0.4, -0.2) is 70.8 Å². The number of esters is 1. The van der Waals surface area contributed by atoms with Crippen LogP contribution in [0.1, 0.15) is 114 Å². The zero-order valence-corrected chi connectivity index (χ0v) is 31.9. The average Bonchev–Trinajstić information content (AvgIpc) is 3.53. The zero-order valence-electron chi connectivity index (χ0n) is 31.9. The van der Waals surface area contributed by atoms with Gasteiger partial charge < -0.3 is 25.3 Å². The Hall–Kier alpha value is -4.26. The van der Waals surface area contributed by atoms with Crippen molar-refractivity contribution in [2.24, 2.45) is 11.1 Å². The number of aromatic nitrogens is 2. The monoisotopic (exact) mass is 715 g/mol. The van der Waals surface area contributed by atoms with E-state index in [1.165, 1.54) is 17.7 Å². The van der Waals surface area contributed by atoms with E-state index in [4.69, 9.17) is 19.9 Å². The Balaban J connectivity index is 0.00000169. The van der Waals surface area contributed by atoms with Crippen molar-refractivity contribution in [3.63, 3.8) is 0 Å². The molecule has 1 saturated heterocycles. The summed E-state index contributed by atoms with van der Waals surface area (Å²) in [5.41, 5.74) is 7.25. The molecule has 11 nitrogen and oxygen atoms in total. The van der Waals surface area contributed by atoms with Gasteiger partial charge in [-0.3, -0.25) is 14.3 Å². The predicted octanol–water partition coefficient (Wildman–Crippen LogP) is 8.01. The number of anilines is 1. The molecule has 13 heteroatoms. The molecule has 2 atom stereocenters. The normalized spacial score (nSPS) is 18.3. The number of hydrogen-bond donors (Lipinski definition) is 2. The minimum Gasteiger partial charge on any atom is -0.496 e. The van der Waals surface area contributed by atoms with E-state index in [0.717, 1.165) is 16.5 Å². The van der Waals surface area contributed by atoms with Crippen LogP contribution >= 0.6 is 0 Å². The number of carbonyl (C=O) groups excluding carboxylic acids is 3. The fourth-order valence-corrected chi connectivity index (χ4v) is 6.96. The van der Waals surface area contributed by atoms with Crippen molar-refractivity contribution in [3.05, 3.63) is 52.8 Å². The number of benzene rings is 1. The Morgan fingerprint density at radius 3 is 2.29 bits per heavy atom. The molecule has 1 spiro atoms. The van der Waals surface area contributed by atoms with E-state index >= 15 is 0 Å². The van der Waals surface area contributed by atoms with Crippen molar-refractivity contribution < 1.29 is 37.4 Å². The summed E-state index contributed by atoms with van der Waals surface area (Å²) in [6.45, 7) is 17.7. The summed E-state index contributed by atoms with van der Waals surface area (Å²) in [6.07, 6.45) is 1.70. The number of pyridine rings is 1. The SMILES string of the molecule is CC.CC.COC(=O)c1ccc(C2CC3(CCN2Cc2c(OC)cc(C)c4c2ccn4C(=O)OC(C)(C)C)CC(F)(F)C3)c(NC(C)C(N)=O)n1. The third-order valence-electron chi connectivity index (χ3n) is 9.13. The molecule has 3 N–H and O–H groups in total. The van der Waals surface area contributed by atoms with Gasteiger partial charge in [0.25, 0.3) is 0 Å². The van der Waals surface area contributed by atoms with Crippen molar-refractivity contribution >= 4 is 34.7 Å². The number of amides is 1. The first-order valence-electron chi connectivity index (χ1n) is 17.6. The summed E-state index contributed by atoms with van der Waals surface area (Å²) < 4.78 is 46.6. The van der Waals surface area contributed by atoms with E-state index in [1.807, 2.05) is 46.8 Å². The summed E-state index contributed by atoms with van der Waals surface area (Å²) in [5, 5.41) is 3.83. The number of primary amides is 1. The molecule has 3 aromatic rings. The van der Waals surface area contributed by atoms with Crippen LogP contribution in [-0.2, 0) is 20.8 Å². The number of methoxy groups -OCH3 is 2. The highest BCUT2D eigenvalue weighted by atomic mass is 19.3. The maximum Gasteiger partial charge on any atom is 0.419 e. The van der Waals surface area contributed by atoms with Crippen molar-refractivity contribution in [1.29, 1.82) is 0 Å². The summed E-state index contributed by atoms with van der Waals surface area (Å²) in [4.78, 5) is 44.3. The van der Waals surface area contributed by atoms with Gasteiger partial charge in [0.1, 0.15) is 23.2 Å². The second-order valence-corrected chi connectivity index (χ2v) is 13.8. The van der Waals surface area contributed by atoms with E-state index in [0.29, 0.717) is 42.8 Å². The highest BCUT2D eigenvalue weighted by Crippen LogP contribution is 2.61. The van der Waals surface area contributed by atoms with Crippen LogP contribution < -0.4 is 15.8 Å². The van der Waals surface area contributed by atoms with Gasteiger partial charge in [0.15, 0.2) is 5.69 Å². The third-order valence-corrected chi connectivity index (χ3v) is 9.13. The average molecular weight is 716 g/mol. The van der Waals surface area contributed by atoms with Gasteiger partial charge in [0, 0.05) is 48.1 Å². The van der Waals surface area contributed by atoms with Crippen molar-refractivity contribution in [2.75, 3.05) is 26.1 Å². The number of halogens is 2. The molecule has 1 aromatic carbocycles. The maximum atomic E-state index is 14.3. The summed E-state index contributed by atoms with van der Waals surface area (Å²) in [7, 11) is 2.82. The standard InChI is InChI=1S/C34H43F2N5O6.2C2H6/c1-19-14-26(45-6)23(21-10-12-41(27(19)21)31(44)47-32(3,4)5)16-40-13-11-33(17-34(35,36)18-33)15-25(40)22-8-9-24(30(43)46-7)39-29(22)38-20(2)28(37)42;2*1-2/h8-10,12,14,20,25H,11,13,15-18H2,1-7H3,(H2,37,42)(H,38,39);2*1-2H3. The molecule has 5 rings (SSSR count). The minimum atomic E-state index is -2.72. The molecule has 282 valence electrons. The van der Waals surface area contributed by atoms with Crippen molar-refractivity contribution in [1.82, 2.24) is 14.5 Å². The Labute approximate surface area is 300 Å². The van der Waals surface area contributed by atoms with E-state index < -0.39 is 47.0 Å². The molecule has 1 amide bonds. The van der Waals surface area contributed by atoms with Crippen LogP contribution in [0.25, 0.3) is 10.9 Å². The molecule has 51 heavy (non-hydrogen) atoms. The van der Waals surface area contributed by atoms with E-state index in [-0.39, 0.29) is 24.4 Å². The lowest BCUT2D eigenvalue weighted by Gasteiger charge is -2.55. The lowest BCUT2D eigenvalue weighted by atomic mass is 9.59. The predicted molar refractivity (Wildman–Crippen MR) is 194 cm³/mol. The fraction of sp³-hybridized carbons (Fsp3) is 0.579. The number of nitrogens with zero attached hydrogens (tertiary/aromatic N) is 3. The number of likely N-dealkylation sites (tertiary alicyclic amines) is 1. The largest absolute Gasteiger partial charge is 0.496 e. The molecule has 1 aliphatic carbocycles. The quantitative estimate of drug-likeness (QED) is 0.222. The van der Waals surface area contributed by atoms with Gasteiger partial charge >= 0.3 is 12.1 Å². The number of rotatable bonds is 8. The summed E-state index contributed by atoms with van der Waals surface area (Å²) in [6, 6.07) is 5.71. The minimum absolute atomic E-state index is 0.0214. The first-order valence-corrected chi connectivity index (χ1v) is 17.6. The molecular weight excluding hydrogens is 660 g/mol. The molecule has 0 radical (unpaired) electrons. The Morgan fingerprint density at radius 2 is 1.75 bits per heavy atom. The second-order valence-electron chi connectivity index (χ2n) is 13.8. The zero-order chi connectivity index (χ0) is 38.5. The molecule has 0 bridgehead atoms. The van der Waals surface area contributed by atoms with Crippen LogP contribution in [0.15, 0.2) is 30.5 Å². The highest BCUT2D eigenvalue weighted by molar-refractivity contribution is 5.95. The van der Waals surface area contributed by atoms with Gasteiger partial charge in [-0.25, -0.2) is 23.4 Å². The molecule has 2 unspecified atom stereocenters. The number of alkyl halides is 2. The maximum absolute atomic E-state index is 14.3. The van der Waals surface area contributed by atoms with Crippen LogP contribution in [0.5, 0.6) is 5.75 Å².